The average Bonchev–Trinajstić information content (AvgIpc) is 2.14. The smallest absolute Gasteiger partial charge is 0.107 e. The van der Waals surface area contributed by atoms with Gasteiger partial charge in [0.15, 0.2) is 0 Å². The van der Waals surface area contributed by atoms with E-state index < -0.39 is 0 Å². The molecule has 0 saturated carbocycles. The molecule has 0 aliphatic heterocycles. The van der Waals surface area contributed by atoms with Gasteiger partial charge in [-0.3, -0.25) is 0 Å². The van der Waals surface area contributed by atoms with Crippen molar-refractivity contribution < 1.29 is 5.21 Å². The van der Waals surface area contributed by atoms with E-state index in [9.17, 15) is 0 Å². The highest BCUT2D eigenvalue weighted by Gasteiger charge is 2.02. The molecule has 1 aromatic rings. The Morgan fingerprint density at radius 3 is 2.90 bits per heavy atom. The van der Waals surface area contributed by atoms with Crippen LogP contribution in [0.1, 0.15) is 4.88 Å². The summed E-state index contributed by atoms with van der Waals surface area (Å²) in [5.74, 6) is 0. The minimum Gasteiger partial charge on any atom is -0.316 e. The topological polar surface area (TPSA) is 32.3 Å². The van der Waals surface area contributed by atoms with Gasteiger partial charge in [-0.2, -0.15) is 0 Å². The predicted octanol–water partition coefficient (Wildman–Crippen LogP) is 2.64. The highest BCUT2D eigenvalue weighted by molar-refractivity contribution is 9.10. The van der Waals surface area contributed by atoms with Gasteiger partial charge in [0.25, 0.3) is 0 Å². The fraction of sp³-hybridized carbons (Fsp3) is 0.200. The quantitative estimate of drug-likeness (QED) is 0.782. The van der Waals surface area contributed by atoms with Crippen molar-refractivity contribution >= 4 is 38.9 Å². The van der Waals surface area contributed by atoms with Gasteiger partial charge in [0.2, 0.25) is 0 Å². The Hall–Kier alpha value is 0.390. The molecule has 0 bridgehead atoms. The summed E-state index contributed by atoms with van der Waals surface area (Å²) in [5, 5.41) is 8.32. The summed E-state index contributed by atoms with van der Waals surface area (Å²) in [4.78, 5) is 0.999. The number of hydrogen-bond donors (Lipinski definition) is 2. The molecule has 10 heavy (non-hydrogen) atoms. The lowest BCUT2D eigenvalue weighted by Gasteiger charge is -1.88. The zero-order chi connectivity index (χ0) is 7.56. The largest absolute Gasteiger partial charge is 0.316 e. The predicted molar refractivity (Wildman–Crippen MR) is 45.7 cm³/mol. The Morgan fingerprint density at radius 1 is 1.80 bits per heavy atom. The molecule has 1 heterocycles. The molecular formula is C5H5BrClNOS. The normalized spacial score (nSPS) is 10.3. The van der Waals surface area contributed by atoms with Gasteiger partial charge < -0.3 is 5.21 Å². The summed E-state index contributed by atoms with van der Waals surface area (Å²) in [6.45, 7) is 0.440. The molecule has 0 amide bonds. The van der Waals surface area contributed by atoms with Gasteiger partial charge in [0.05, 0.1) is 6.54 Å². The number of hydroxylamine groups is 1. The maximum atomic E-state index is 8.32. The standard InChI is InChI=1S/C5H5BrClNOS/c6-4-1-3(2-8-9)10-5(4)7/h1,8-9H,2H2. The summed E-state index contributed by atoms with van der Waals surface area (Å²) in [6.07, 6.45) is 0. The number of halogens is 2. The Kier molecular flexibility index (Phi) is 3.13. The SMILES string of the molecule is ONCc1cc(Br)c(Cl)s1. The first-order valence-electron chi connectivity index (χ1n) is 2.54. The zero-order valence-corrected chi connectivity index (χ0v) is 8.05. The second kappa shape index (κ2) is 3.69. The Balaban J connectivity index is 2.77. The highest BCUT2D eigenvalue weighted by atomic mass is 79.9. The summed E-state index contributed by atoms with van der Waals surface area (Å²) >= 11 is 10.4. The lowest BCUT2D eigenvalue weighted by atomic mass is 10.5. The molecule has 0 atom stereocenters. The van der Waals surface area contributed by atoms with E-state index in [4.69, 9.17) is 16.8 Å². The fourth-order valence-corrected chi connectivity index (χ4v) is 2.28. The lowest BCUT2D eigenvalue weighted by molar-refractivity contribution is 0.162. The van der Waals surface area contributed by atoms with Crippen molar-refractivity contribution in [1.82, 2.24) is 5.48 Å². The first kappa shape index (κ1) is 8.49. The summed E-state index contributed by atoms with van der Waals surface area (Å²) < 4.78 is 1.59. The summed E-state index contributed by atoms with van der Waals surface area (Å²) in [6, 6.07) is 1.87. The molecule has 0 saturated heterocycles. The number of thiophene rings is 1. The van der Waals surface area contributed by atoms with Gasteiger partial charge in [-0.1, -0.05) is 11.6 Å². The third-order valence-corrected chi connectivity index (χ3v) is 3.42. The van der Waals surface area contributed by atoms with Crippen molar-refractivity contribution in [1.29, 1.82) is 0 Å². The molecule has 0 aromatic carbocycles. The van der Waals surface area contributed by atoms with Crippen molar-refractivity contribution in [2.24, 2.45) is 0 Å². The highest BCUT2D eigenvalue weighted by Crippen LogP contribution is 2.31. The van der Waals surface area contributed by atoms with E-state index in [1.165, 1.54) is 11.3 Å². The number of rotatable bonds is 2. The second-order valence-corrected chi connectivity index (χ2v) is 4.26. The second-order valence-electron chi connectivity index (χ2n) is 1.67. The molecule has 5 heteroatoms. The van der Waals surface area contributed by atoms with Crippen molar-refractivity contribution in [3.63, 3.8) is 0 Å². The Bertz CT molecular complexity index is 208. The van der Waals surface area contributed by atoms with Crippen LogP contribution in [0.15, 0.2) is 10.5 Å². The minimum atomic E-state index is 0.440. The molecule has 2 N–H and O–H groups in total. The minimum absolute atomic E-state index is 0.440. The van der Waals surface area contributed by atoms with Crippen LogP contribution in [0, 0.1) is 0 Å². The number of nitrogens with one attached hydrogen (secondary N) is 1. The van der Waals surface area contributed by atoms with Crippen molar-refractivity contribution in [2.45, 2.75) is 6.54 Å². The molecule has 1 aromatic heterocycles. The summed E-state index contributed by atoms with van der Waals surface area (Å²) in [7, 11) is 0. The third kappa shape index (κ3) is 1.93. The van der Waals surface area contributed by atoms with Gasteiger partial charge in [-0.15, -0.1) is 11.3 Å². The first-order chi connectivity index (χ1) is 4.74. The van der Waals surface area contributed by atoms with Crippen molar-refractivity contribution in [3.8, 4) is 0 Å². The van der Waals surface area contributed by atoms with E-state index in [1.807, 2.05) is 6.07 Å². The molecule has 0 fully saturated rings. The van der Waals surface area contributed by atoms with E-state index in [0.717, 1.165) is 9.35 Å². The third-order valence-electron chi connectivity index (χ3n) is 0.949. The van der Waals surface area contributed by atoms with Crippen LogP contribution in [0.3, 0.4) is 0 Å². The molecule has 0 unspecified atom stereocenters. The van der Waals surface area contributed by atoms with Crippen molar-refractivity contribution in [3.05, 3.63) is 19.8 Å². The van der Waals surface area contributed by atoms with E-state index >= 15 is 0 Å². The van der Waals surface area contributed by atoms with Gasteiger partial charge >= 0.3 is 0 Å². The van der Waals surface area contributed by atoms with E-state index in [0.29, 0.717) is 10.9 Å². The van der Waals surface area contributed by atoms with Crippen LogP contribution >= 0.6 is 38.9 Å². The van der Waals surface area contributed by atoms with Gasteiger partial charge in [-0.25, -0.2) is 5.48 Å². The van der Waals surface area contributed by atoms with Gasteiger partial charge in [0.1, 0.15) is 4.34 Å². The van der Waals surface area contributed by atoms with E-state index in [2.05, 4.69) is 21.4 Å². The molecule has 1 rings (SSSR count). The lowest BCUT2D eigenvalue weighted by Crippen LogP contribution is -2.03. The first-order valence-corrected chi connectivity index (χ1v) is 4.53. The molecule has 56 valence electrons. The molecule has 0 spiro atoms. The molecule has 0 radical (unpaired) electrons. The molecule has 2 nitrogen and oxygen atoms in total. The maximum absolute atomic E-state index is 8.32. The maximum Gasteiger partial charge on any atom is 0.107 e. The van der Waals surface area contributed by atoms with E-state index in [1.54, 1.807) is 0 Å². The van der Waals surface area contributed by atoms with Crippen LogP contribution < -0.4 is 5.48 Å². The Morgan fingerprint density at radius 2 is 2.50 bits per heavy atom. The zero-order valence-electron chi connectivity index (χ0n) is 4.90. The molecule has 0 aliphatic rings. The van der Waals surface area contributed by atoms with Crippen LogP contribution in [0.25, 0.3) is 0 Å². The fourth-order valence-electron chi connectivity index (χ4n) is 0.556. The van der Waals surface area contributed by atoms with Crippen LogP contribution in [-0.2, 0) is 6.54 Å². The molecular weight excluding hydrogens is 237 g/mol. The van der Waals surface area contributed by atoms with Gasteiger partial charge in [0, 0.05) is 9.35 Å². The van der Waals surface area contributed by atoms with Crippen LogP contribution in [0.5, 0.6) is 0 Å². The monoisotopic (exact) mass is 241 g/mol. The van der Waals surface area contributed by atoms with Gasteiger partial charge in [-0.05, 0) is 22.0 Å². The molecule has 0 aliphatic carbocycles. The van der Waals surface area contributed by atoms with Crippen molar-refractivity contribution in [2.75, 3.05) is 0 Å². The van der Waals surface area contributed by atoms with Crippen LogP contribution in [0.4, 0.5) is 0 Å². The van der Waals surface area contributed by atoms with Crippen LogP contribution in [-0.4, -0.2) is 5.21 Å². The average molecular weight is 243 g/mol. The Labute approximate surface area is 75.9 Å². The van der Waals surface area contributed by atoms with E-state index in [-0.39, 0.29) is 0 Å². The van der Waals surface area contributed by atoms with Crippen LogP contribution in [0.2, 0.25) is 4.34 Å². The summed E-state index contributed by atoms with van der Waals surface area (Å²) in [5.41, 5.74) is 2.06. The number of hydrogen-bond acceptors (Lipinski definition) is 3.